The number of hydrogen-bond donors (Lipinski definition) is 1. The van der Waals surface area contributed by atoms with Crippen LogP contribution in [0.5, 0.6) is 0 Å². The van der Waals surface area contributed by atoms with Crippen LogP contribution in [0.3, 0.4) is 0 Å². The molecule has 2 aliphatic rings. The first-order valence-electron chi connectivity index (χ1n) is 8.57. The van der Waals surface area contributed by atoms with Crippen LogP contribution in [-0.2, 0) is 0 Å². The Bertz CT molecular complexity index is 515. The lowest BCUT2D eigenvalue weighted by Crippen LogP contribution is -2.54. The van der Waals surface area contributed by atoms with Crippen molar-refractivity contribution in [1.82, 2.24) is 15.1 Å². The van der Waals surface area contributed by atoms with Gasteiger partial charge in [-0.15, -0.1) is 0 Å². The highest BCUT2D eigenvalue weighted by molar-refractivity contribution is 5.95. The van der Waals surface area contributed by atoms with E-state index >= 15 is 0 Å². The minimum atomic E-state index is -0.00453. The molecular formula is C17H25N3O3. The SMILES string of the molecule is O=C(CN1CCN(C(=O)NC2CCCCC2)CC1)c1ccco1. The van der Waals surface area contributed by atoms with Gasteiger partial charge in [-0.05, 0) is 25.0 Å². The van der Waals surface area contributed by atoms with Crippen molar-refractivity contribution in [3.8, 4) is 0 Å². The molecule has 1 aliphatic carbocycles. The zero-order chi connectivity index (χ0) is 16.1. The number of urea groups is 1. The van der Waals surface area contributed by atoms with Crippen LogP contribution in [0.1, 0.15) is 42.7 Å². The topological polar surface area (TPSA) is 65.8 Å². The molecule has 1 saturated carbocycles. The predicted octanol–water partition coefficient (Wildman–Crippen LogP) is 2.12. The summed E-state index contributed by atoms with van der Waals surface area (Å²) in [4.78, 5) is 28.3. The Labute approximate surface area is 136 Å². The molecule has 2 amide bonds. The molecule has 3 rings (SSSR count). The van der Waals surface area contributed by atoms with Gasteiger partial charge in [0.1, 0.15) is 0 Å². The predicted molar refractivity (Wildman–Crippen MR) is 86.5 cm³/mol. The molecular weight excluding hydrogens is 294 g/mol. The van der Waals surface area contributed by atoms with Crippen LogP contribution in [0, 0.1) is 0 Å². The summed E-state index contributed by atoms with van der Waals surface area (Å²) in [6.45, 7) is 3.15. The van der Waals surface area contributed by atoms with Gasteiger partial charge in [0.05, 0.1) is 12.8 Å². The fourth-order valence-corrected chi connectivity index (χ4v) is 3.34. The second-order valence-electron chi connectivity index (χ2n) is 6.45. The van der Waals surface area contributed by atoms with Crippen molar-refractivity contribution in [2.24, 2.45) is 0 Å². The van der Waals surface area contributed by atoms with Crippen molar-refractivity contribution in [3.05, 3.63) is 24.2 Å². The number of Topliss-reactive ketones (excluding diaryl/α,β-unsaturated/α-hetero) is 1. The van der Waals surface area contributed by atoms with Gasteiger partial charge in [-0.1, -0.05) is 19.3 Å². The summed E-state index contributed by atoms with van der Waals surface area (Å²) < 4.78 is 5.13. The van der Waals surface area contributed by atoms with Crippen LogP contribution in [0.25, 0.3) is 0 Å². The third kappa shape index (κ3) is 4.34. The normalized spacial score (nSPS) is 20.4. The van der Waals surface area contributed by atoms with E-state index in [0.717, 1.165) is 25.9 Å². The van der Waals surface area contributed by atoms with Crippen LogP contribution in [0.2, 0.25) is 0 Å². The second-order valence-corrected chi connectivity index (χ2v) is 6.45. The van der Waals surface area contributed by atoms with Crippen LogP contribution in [-0.4, -0.2) is 60.4 Å². The number of ketones is 1. The van der Waals surface area contributed by atoms with E-state index in [4.69, 9.17) is 4.42 Å². The van der Waals surface area contributed by atoms with Crippen LogP contribution < -0.4 is 5.32 Å². The highest BCUT2D eigenvalue weighted by Gasteiger charge is 2.25. The summed E-state index contributed by atoms with van der Waals surface area (Å²) in [5.74, 6) is 0.401. The maximum atomic E-state index is 12.3. The van der Waals surface area contributed by atoms with Crippen LogP contribution >= 0.6 is 0 Å². The van der Waals surface area contributed by atoms with E-state index < -0.39 is 0 Å². The smallest absolute Gasteiger partial charge is 0.317 e. The lowest BCUT2D eigenvalue weighted by atomic mass is 9.96. The number of furan rings is 1. The van der Waals surface area contributed by atoms with Gasteiger partial charge in [-0.3, -0.25) is 9.69 Å². The molecule has 0 spiro atoms. The van der Waals surface area contributed by atoms with Gasteiger partial charge in [0.25, 0.3) is 0 Å². The average Bonchev–Trinajstić information content (AvgIpc) is 3.11. The maximum absolute atomic E-state index is 12.3. The summed E-state index contributed by atoms with van der Waals surface area (Å²) >= 11 is 0. The standard InChI is InChI=1S/C17H25N3O3/c21-15(16-7-4-12-23-16)13-19-8-10-20(11-9-19)17(22)18-14-5-2-1-3-6-14/h4,7,12,14H,1-3,5-6,8-11,13H2,(H,18,22). The zero-order valence-corrected chi connectivity index (χ0v) is 13.5. The van der Waals surface area contributed by atoms with E-state index in [9.17, 15) is 9.59 Å². The van der Waals surface area contributed by atoms with Gasteiger partial charge in [-0.25, -0.2) is 4.79 Å². The van der Waals surface area contributed by atoms with Gasteiger partial charge in [-0.2, -0.15) is 0 Å². The molecule has 23 heavy (non-hydrogen) atoms. The summed E-state index contributed by atoms with van der Waals surface area (Å²) in [7, 11) is 0. The Balaban J connectivity index is 1.41. The molecule has 1 aliphatic heterocycles. The number of rotatable bonds is 4. The minimum absolute atomic E-state index is 0.00453. The summed E-state index contributed by atoms with van der Waals surface area (Å²) in [6.07, 6.45) is 7.43. The molecule has 0 radical (unpaired) electrons. The molecule has 2 fully saturated rings. The monoisotopic (exact) mass is 319 g/mol. The quantitative estimate of drug-likeness (QED) is 0.863. The third-order valence-electron chi connectivity index (χ3n) is 4.76. The average molecular weight is 319 g/mol. The number of nitrogens with one attached hydrogen (secondary N) is 1. The molecule has 0 unspecified atom stereocenters. The largest absolute Gasteiger partial charge is 0.461 e. The summed E-state index contributed by atoms with van der Waals surface area (Å²) in [5, 5.41) is 3.15. The molecule has 0 bridgehead atoms. The molecule has 0 aromatic carbocycles. The third-order valence-corrected chi connectivity index (χ3v) is 4.76. The Morgan fingerprint density at radius 2 is 1.87 bits per heavy atom. The Morgan fingerprint density at radius 1 is 1.13 bits per heavy atom. The van der Waals surface area contributed by atoms with Gasteiger partial charge >= 0.3 is 6.03 Å². The Hall–Kier alpha value is -1.82. The van der Waals surface area contributed by atoms with Gasteiger partial charge in [0, 0.05) is 32.2 Å². The van der Waals surface area contributed by atoms with Crippen molar-refractivity contribution in [2.75, 3.05) is 32.7 Å². The summed E-state index contributed by atoms with van der Waals surface area (Å²) in [6, 6.07) is 3.81. The number of carbonyl (C=O) groups excluding carboxylic acids is 2. The van der Waals surface area contributed by atoms with Crippen molar-refractivity contribution < 1.29 is 14.0 Å². The zero-order valence-electron chi connectivity index (χ0n) is 13.5. The molecule has 2 heterocycles. The molecule has 1 aromatic rings. The van der Waals surface area contributed by atoms with Gasteiger partial charge in [0.2, 0.25) is 5.78 Å². The van der Waals surface area contributed by atoms with E-state index in [2.05, 4.69) is 10.2 Å². The second kappa shape index (κ2) is 7.64. The minimum Gasteiger partial charge on any atom is -0.461 e. The van der Waals surface area contributed by atoms with Crippen LogP contribution in [0.4, 0.5) is 4.79 Å². The molecule has 1 N–H and O–H groups in total. The van der Waals surface area contributed by atoms with Crippen molar-refractivity contribution in [1.29, 1.82) is 0 Å². The molecule has 126 valence electrons. The number of amides is 2. The molecule has 0 atom stereocenters. The van der Waals surface area contributed by atoms with E-state index in [1.807, 2.05) is 4.90 Å². The lowest BCUT2D eigenvalue weighted by molar-refractivity contribution is 0.0850. The number of hydrogen-bond acceptors (Lipinski definition) is 4. The molecule has 6 nitrogen and oxygen atoms in total. The fraction of sp³-hybridized carbons (Fsp3) is 0.647. The first kappa shape index (κ1) is 16.1. The van der Waals surface area contributed by atoms with Crippen molar-refractivity contribution >= 4 is 11.8 Å². The van der Waals surface area contributed by atoms with E-state index in [1.54, 1.807) is 12.1 Å². The number of piperazine rings is 1. The Morgan fingerprint density at radius 3 is 2.52 bits per heavy atom. The number of nitrogens with zero attached hydrogens (tertiary/aromatic N) is 2. The summed E-state index contributed by atoms with van der Waals surface area (Å²) in [5.41, 5.74) is 0. The molecule has 1 aromatic heterocycles. The van der Waals surface area contributed by atoms with Gasteiger partial charge < -0.3 is 14.6 Å². The first-order chi connectivity index (χ1) is 11.2. The van der Waals surface area contributed by atoms with E-state index in [1.165, 1.54) is 25.5 Å². The van der Waals surface area contributed by atoms with E-state index in [0.29, 0.717) is 31.4 Å². The number of carbonyl (C=O) groups is 2. The fourth-order valence-electron chi connectivity index (χ4n) is 3.34. The first-order valence-corrected chi connectivity index (χ1v) is 8.57. The highest BCUT2D eigenvalue weighted by atomic mass is 16.3. The highest BCUT2D eigenvalue weighted by Crippen LogP contribution is 2.17. The molecule has 1 saturated heterocycles. The van der Waals surface area contributed by atoms with Crippen molar-refractivity contribution in [2.45, 2.75) is 38.1 Å². The molecule has 6 heteroatoms. The van der Waals surface area contributed by atoms with Crippen LogP contribution in [0.15, 0.2) is 22.8 Å². The lowest BCUT2D eigenvalue weighted by Gasteiger charge is -2.35. The Kier molecular flexibility index (Phi) is 5.33. The maximum Gasteiger partial charge on any atom is 0.317 e. The van der Waals surface area contributed by atoms with E-state index in [-0.39, 0.29) is 11.8 Å². The van der Waals surface area contributed by atoms with Crippen molar-refractivity contribution in [3.63, 3.8) is 0 Å². The van der Waals surface area contributed by atoms with Gasteiger partial charge in [0.15, 0.2) is 5.76 Å².